The summed E-state index contributed by atoms with van der Waals surface area (Å²) in [6, 6.07) is 9.24. The largest absolute Gasteiger partial charge is 0.483 e. The number of nitrogens with zero attached hydrogens (tertiary/aromatic N) is 2. The normalized spacial score (nSPS) is 25.2. The maximum atomic E-state index is 13.7. The first kappa shape index (κ1) is 19.5. The van der Waals surface area contributed by atoms with Gasteiger partial charge in [-0.25, -0.2) is 13.8 Å². The lowest BCUT2D eigenvalue weighted by Gasteiger charge is -2.35. The Bertz CT molecular complexity index is 1300. The van der Waals surface area contributed by atoms with Crippen LogP contribution in [0.5, 0.6) is 0 Å². The van der Waals surface area contributed by atoms with Gasteiger partial charge in [-0.15, -0.1) is 0 Å². The van der Waals surface area contributed by atoms with Crippen LogP contribution in [0.3, 0.4) is 0 Å². The monoisotopic (exact) mass is 452 g/mol. The molecule has 3 unspecified atom stereocenters. The first-order chi connectivity index (χ1) is 15.5. The molecule has 0 bridgehead atoms. The van der Waals surface area contributed by atoms with Crippen molar-refractivity contribution >= 4 is 38.4 Å². The Hall–Kier alpha value is -3.13. The van der Waals surface area contributed by atoms with E-state index in [2.05, 4.69) is 4.98 Å². The third kappa shape index (κ3) is 2.89. The summed E-state index contributed by atoms with van der Waals surface area (Å²) in [4.78, 5) is 33.1. The summed E-state index contributed by atoms with van der Waals surface area (Å²) in [5.74, 6) is -1.52. The molecule has 5 nitrogen and oxygen atoms in total. The van der Waals surface area contributed by atoms with Crippen LogP contribution in [0.2, 0.25) is 0 Å². The number of ether oxygens (including phenoxy) is 1. The van der Waals surface area contributed by atoms with E-state index < -0.39 is 23.6 Å². The van der Waals surface area contributed by atoms with Gasteiger partial charge in [-0.1, -0.05) is 29.9 Å². The average Bonchev–Trinajstić information content (AvgIpc) is 3.33. The van der Waals surface area contributed by atoms with Gasteiger partial charge in [-0.05, 0) is 55.2 Å². The number of ketones is 1. The topological polar surface area (TPSA) is 59.5 Å². The van der Waals surface area contributed by atoms with Crippen molar-refractivity contribution in [2.45, 2.75) is 37.8 Å². The number of anilines is 1. The fourth-order valence-corrected chi connectivity index (χ4v) is 6.01. The molecule has 1 aliphatic carbocycles. The van der Waals surface area contributed by atoms with Gasteiger partial charge in [0.1, 0.15) is 17.7 Å². The van der Waals surface area contributed by atoms with Gasteiger partial charge in [0.15, 0.2) is 16.7 Å². The summed E-state index contributed by atoms with van der Waals surface area (Å²) in [6.07, 6.45) is 3.07. The van der Waals surface area contributed by atoms with Crippen LogP contribution < -0.4 is 4.90 Å². The summed E-state index contributed by atoms with van der Waals surface area (Å²) < 4.78 is 34.1. The Morgan fingerprint density at radius 2 is 1.75 bits per heavy atom. The molecule has 2 aromatic carbocycles. The molecule has 3 aromatic rings. The minimum atomic E-state index is -0.765. The second-order valence-corrected chi connectivity index (χ2v) is 9.40. The highest BCUT2D eigenvalue weighted by molar-refractivity contribution is 7.22. The van der Waals surface area contributed by atoms with Gasteiger partial charge in [0.2, 0.25) is 0 Å². The summed E-state index contributed by atoms with van der Waals surface area (Å²) in [7, 11) is 0. The second kappa shape index (κ2) is 7.20. The molecule has 0 radical (unpaired) electrons. The molecule has 1 aromatic heterocycles. The zero-order valence-electron chi connectivity index (χ0n) is 16.9. The van der Waals surface area contributed by atoms with Crippen molar-refractivity contribution in [3.05, 3.63) is 71.0 Å². The van der Waals surface area contributed by atoms with E-state index in [-0.39, 0.29) is 23.6 Å². The fourth-order valence-electron chi connectivity index (χ4n) is 4.99. The van der Waals surface area contributed by atoms with Gasteiger partial charge >= 0.3 is 0 Å². The van der Waals surface area contributed by atoms with Gasteiger partial charge in [-0.2, -0.15) is 0 Å². The molecule has 0 N–H and O–H groups in total. The average molecular weight is 452 g/mol. The van der Waals surface area contributed by atoms with Crippen LogP contribution in [-0.4, -0.2) is 22.8 Å². The number of halogens is 2. The molecule has 1 fully saturated rings. The van der Waals surface area contributed by atoms with Crippen LogP contribution in [-0.2, 0) is 14.3 Å². The summed E-state index contributed by atoms with van der Waals surface area (Å²) >= 11 is 1.17. The number of benzene rings is 2. The Morgan fingerprint density at radius 1 is 1.00 bits per heavy atom. The lowest BCUT2D eigenvalue weighted by Crippen LogP contribution is -2.39. The molecule has 8 heteroatoms. The molecule has 3 aliphatic rings. The van der Waals surface area contributed by atoms with Crippen molar-refractivity contribution in [1.82, 2.24) is 4.98 Å². The van der Waals surface area contributed by atoms with Gasteiger partial charge in [-0.3, -0.25) is 14.5 Å². The van der Waals surface area contributed by atoms with Crippen LogP contribution >= 0.6 is 11.3 Å². The molecule has 1 saturated carbocycles. The Labute approximate surface area is 186 Å². The molecule has 2 aliphatic heterocycles. The quantitative estimate of drug-likeness (QED) is 0.545. The van der Waals surface area contributed by atoms with E-state index in [1.54, 1.807) is 18.2 Å². The number of aromatic nitrogens is 1. The number of rotatable bonds is 2. The van der Waals surface area contributed by atoms with Crippen LogP contribution in [0.15, 0.2) is 53.8 Å². The summed E-state index contributed by atoms with van der Waals surface area (Å²) in [6.45, 7) is 0. The summed E-state index contributed by atoms with van der Waals surface area (Å²) in [5, 5.41) is 0.346. The first-order valence-electron chi connectivity index (χ1n) is 10.6. The molecule has 0 saturated heterocycles. The van der Waals surface area contributed by atoms with E-state index in [0.717, 1.165) is 25.7 Å². The van der Waals surface area contributed by atoms with Gasteiger partial charge in [0.25, 0.3) is 5.91 Å². The van der Waals surface area contributed by atoms with Crippen molar-refractivity contribution in [2.24, 2.45) is 5.92 Å². The molecular weight excluding hydrogens is 434 g/mol. The number of amides is 1. The van der Waals surface area contributed by atoms with Crippen LogP contribution in [0.4, 0.5) is 13.9 Å². The predicted molar refractivity (Wildman–Crippen MR) is 115 cm³/mol. The maximum absolute atomic E-state index is 13.7. The van der Waals surface area contributed by atoms with Crippen LogP contribution in [0.25, 0.3) is 10.2 Å². The lowest BCUT2D eigenvalue weighted by molar-refractivity contribution is -0.131. The molecule has 32 heavy (non-hydrogen) atoms. The molecule has 3 atom stereocenters. The highest BCUT2D eigenvalue weighted by atomic mass is 32.1. The van der Waals surface area contributed by atoms with Crippen LogP contribution in [0, 0.1) is 17.6 Å². The SMILES string of the molecule is O=C1C2=C(OC3CCCCC13)C(=O)N(c1nc3ccc(F)cc3s1)C2c1ccc(F)cc1. The smallest absolute Gasteiger partial charge is 0.296 e. The Kier molecular flexibility index (Phi) is 4.40. The summed E-state index contributed by atoms with van der Waals surface area (Å²) in [5.41, 5.74) is 1.47. The Morgan fingerprint density at radius 3 is 2.56 bits per heavy atom. The maximum Gasteiger partial charge on any atom is 0.296 e. The van der Waals surface area contributed by atoms with Crippen molar-refractivity contribution in [3.8, 4) is 0 Å². The third-order valence-corrected chi connectivity index (χ3v) is 7.51. The molecule has 6 rings (SSSR count). The van der Waals surface area contributed by atoms with Crippen molar-refractivity contribution in [1.29, 1.82) is 0 Å². The van der Waals surface area contributed by atoms with E-state index in [0.29, 0.717) is 26.5 Å². The zero-order chi connectivity index (χ0) is 22.0. The fraction of sp³-hybridized carbons (Fsp3) is 0.292. The van der Waals surface area contributed by atoms with Gasteiger partial charge in [0.05, 0.1) is 27.7 Å². The predicted octanol–water partition coefficient (Wildman–Crippen LogP) is 5.07. The van der Waals surface area contributed by atoms with E-state index in [1.807, 2.05) is 0 Å². The van der Waals surface area contributed by atoms with E-state index in [4.69, 9.17) is 4.74 Å². The highest BCUT2D eigenvalue weighted by Gasteiger charge is 2.53. The van der Waals surface area contributed by atoms with E-state index >= 15 is 0 Å². The van der Waals surface area contributed by atoms with Crippen LogP contribution in [0.1, 0.15) is 37.3 Å². The highest BCUT2D eigenvalue weighted by Crippen LogP contribution is 2.49. The minimum Gasteiger partial charge on any atom is -0.483 e. The third-order valence-electron chi connectivity index (χ3n) is 6.49. The number of hydrogen-bond donors (Lipinski definition) is 0. The van der Waals surface area contributed by atoms with Crippen molar-refractivity contribution < 1.29 is 23.1 Å². The number of thiazole rings is 1. The molecule has 1 amide bonds. The molecule has 3 heterocycles. The number of Topliss-reactive ketones (excluding diaryl/α,β-unsaturated/α-hetero) is 1. The lowest BCUT2D eigenvalue weighted by atomic mass is 9.77. The second-order valence-electron chi connectivity index (χ2n) is 8.39. The van der Waals surface area contributed by atoms with Crippen molar-refractivity contribution in [3.63, 3.8) is 0 Å². The number of carbonyl (C=O) groups is 2. The molecular formula is C24H18F2N2O3S. The molecule has 162 valence electrons. The van der Waals surface area contributed by atoms with Gasteiger partial charge in [0, 0.05) is 0 Å². The van der Waals surface area contributed by atoms with E-state index in [9.17, 15) is 18.4 Å². The number of hydrogen-bond acceptors (Lipinski definition) is 5. The van der Waals surface area contributed by atoms with E-state index in [1.165, 1.54) is 40.5 Å². The number of fused-ring (bicyclic) bond motifs is 2. The van der Waals surface area contributed by atoms with Gasteiger partial charge < -0.3 is 4.74 Å². The zero-order valence-corrected chi connectivity index (χ0v) is 17.7. The standard InChI is InChI=1S/C24H18F2N2O3S/c25-13-7-5-12(6-8-13)20-19-21(29)15-3-1-2-4-17(15)31-22(19)23(30)28(20)24-27-16-10-9-14(26)11-18(16)32-24/h5-11,15,17,20H,1-4H2. The molecule has 0 spiro atoms. The Balaban J connectivity index is 1.51. The minimum absolute atomic E-state index is 0.0675. The van der Waals surface area contributed by atoms with Crippen molar-refractivity contribution in [2.75, 3.05) is 4.90 Å². The number of carbonyl (C=O) groups excluding carboxylic acids is 2. The first-order valence-corrected chi connectivity index (χ1v) is 11.4.